The molecule has 4 heterocycles. The van der Waals surface area contributed by atoms with Crippen LogP contribution in [0.4, 0.5) is 5.69 Å². The van der Waals surface area contributed by atoms with Gasteiger partial charge in [-0.2, -0.15) is 0 Å². The smallest absolute Gasteiger partial charge is 0.313 e. The Bertz CT molecular complexity index is 606. The van der Waals surface area contributed by atoms with Crippen molar-refractivity contribution in [1.29, 1.82) is 0 Å². The second-order valence-corrected chi connectivity index (χ2v) is 6.89. The number of fused-ring (bicyclic) bond motifs is 3. The van der Waals surface area contributed by atoms with E-state index in [1.807, 2.05) is 0 Å². The van der Waals surface area contributed by atoms with Crippen LogP contribution in [0.3, 0.4) is 0 Å². The van der Waals surface area contributed by atoms with E-state index in [1.165, 1.54) is 25.8 Å². The number of piperidine rings is 1. The molecule has 23 heavy (non-hydrogen) atoms. The summed E-state index contributed by atoms with van der Waals surface area (Å²) in [6.07, 6.45) is 7.01. The van der Waals surface area contributed by atoms with Crippen molar-refractivity contribution >= 4 is 17.5 Å². The topological polar surface area (TPSA) is 65.5 Å². The normalized spacial score (nSPS) is 29.9. The molecule has 3 aliphatic rings. The summed E-state index contributed by atoms with van der Waals surface area (Å²) in [6, 6.07) is 4.09. The van der Waals surface area contributed by atoms with Crippen LogP contribution in [0.25, 0.3) is 0 Å². The first-order valence-corrected chi connectivity index (χ1v) is 8.47. The second kappa shape index (κ2) is 5.92. The molecule has 0 bridgehead atoms. The van der Waals surface area contributed by atoms with Gasteiger partial charge < -0.3 is 10.2 Å². The van der Waals surface area contributed by atoms with Crippen molar-refractivity contribution in [3.63, 3.8) is 0 Å². The molecule has 1 N–H and O–H groups in total. The Morgan fingerprint density at radius 3 is 2.96 bits per heavy atom. The van der Waals surface area contributed by atoms with E-state index in [4.69, 9.17) is 0 Å². The highest BCUT2D eigenvalue weighted by Crippen LogP contribution is 2.40. The van der Waals surface area contributed by atoms with Gasteiger partial charge in [-0.05, 0) is 43.4 Å². The number of hydrogen-bond donors (Lipinski definition) is 1. The minimum absolute atomic E-state index is 0.411. The lowest BCUT2D eigenvalue weighted by Crippen LogP contribution is -2.43. The van der Waals surface area contributed by atoms with Gasteiger partial charge in [0.05, 0.1) is 11.9 Å². The average molecular weight is 314 g/mol. The first-order chi connectivity index (χ1) is 11.2. The van der Waals surface area contributed by atoms with Gasteiger partial charge in [-0.1, -0.05) is 6.42 Å². The molecule has 0 spiro atoms. The van der Waals surface area contributed by atoms with Crippen molar-refractivity contribution in [2.24, 2.45) is 11.8 Å². The Labute approximate surface area is 135 Å². The van der Waals surface area contributed by atoms with Crippen molar-refractivity contribution in [2.75, 3.05) is 31.5 Å². The summed E-state index contributed by atoms with van der Waals surface area (Å²) in [6.45, 7) is 3.73. The quantitative estimate of drug-likeness (QED) is 0.784. The van der Waals surface area contributed by atoms with Gasteiger partial charge in [0.2, 0.25) is 0 Å². The summed E-state index contributed by atoms with van der Waals surface area (Å²) in [5, 5.41) is 2.64. The average Bonchev–Trinajstić information content (AvgIpc) is 3.12. The Morgan fingerprint density at radius 1 is 1.22 bits per heavy atom. The summed E-state index contributed by atoms with van der Waals surface area (Å²) >= 11 is 0. The Hall–Kier alpha value is -1.95. The predicted molar refractivity (Wildman–Crippen MR) is 85.6 cm³/mol. The first-order valence-electron chi connectivity index (χ1n) is 8.47. The van der Waals surface area contributed by atoms with Gasteiger partial charge >= 0.3 is 11.8 Å². The molecule has 3 aliphatic heterocycles. The molecule has 3 atom stereocenters. The van der Waals surface area contributed by atoms with Gasteiger partial charge in [0.1, 0.15) is 0 Å². The summed E-state index contributed by atoms with van der Waals surface area (Å²) in [5.74, 6) is 0.114. The van der Waals surface area contributed by atoms with E-state index in [-0.39, 0.29) is 0 Å². The van der Waals surface area contributed by atoms with Crippen LogP contribution in [-0.2, 0) is 9.59 Å². The Kier molecular flexibility index (Phi) is 3.77. The Balaban J connectivity index is 1.38. The number of likely N-dealkylation sites (tertiary alicyclic amines) is 1. The lowest BCUT2D eigenvalue weighted by atomic mass is 9.90. The number of nitrogens with zero attached hydrogens (tertiary/aromatic N) is 3. The summed E-state index contributed by atoms with van der Waals surface area (Å²) in [4.78, 5) is 32.9. The van der Waals surface area contributed by atoms with E-state index < -0.39 is 11.8 Å². The monoisotopic (exact) mass is 314 g/mol. The predicted octanol–water partition coefficient (Wildman–Crippen LogP) is 0.963. The summed E-state index contributed by atoms with van der Waals surface area (Å²) in [7, 11) is 0. The molecule has 3 saturated heterocycles. The maximum atomic E-state index is 12.4. The molecule has 3 fully saturated rings. The van der Waals surface area contributed by atoms with Gasteiger partial charge in [0, 0.05) is 31.9 Å². The van der Waals surface area contributed by atoms with Crippen LogP contribution in [-0.4, -0.2) is 58.8 Å². The highest BCUT2D eigenvalue weighted by molar-refractivity contribution is 6.39. The molecule has 1 aromatic heterocycles. The largest absolute Gasteiger partial charge is 0.334 e. The fraction of sp³-hybridized carbons (Fsp3) is 0.588. The minimum Gasteiger partial charge on any atom is -0.334 e. The van der Waals surface area contributed by atoms with Crippen molar-refractivity contribution < 1.29 is 9.59 Å². The lowest BCUT2D eigenvalue weighted by Gasteiger charge is -2.33. The van der Waals surface area contributed by atoms with Crippen LogP contribution < -0.4 is 5.32 Å². The van der Waals surface area contributed by atoms with Gasteiger partial charge in [-0.15, -0.1) is 0 Å². The van der Waals surface area contributed by atoms with Crippen LogP contribution in [0.15, 0.2) is 24.5 Å². The summed E-state index contributed by atoms with van der Waals surface area (Å²) < 4.78 is 0. The fourth-order valence-electron chi connectivity index (χ4n) is 4.49. The number of aromatic nitrogens is 1. The summed E-state index contributed by atoms with van der Waals surface area (Å²) in [5.41, 5.74) is 0.559. The van der Waals surface area contributed by atoms with E-state index in [0.717, 1.165) is 19.6 Å². The van der Waals surface area contributed by atoms with Crippen molar-refractivity contribution in [3.05, 3.63) is 24.5 Å². The molecule has 122 valence electrons. The molecule has 0 radical (unpaired) electrons. The van der Waals surface area contributed by atoms with Crippen LogP contribution in [0, 0.1) is 11.8 Å². The fourth-order valence-corrected chi connectivity index (χ4v) is 4.49. The third kappa shape index (κ3) is 2.72. The number of rotatable bonds is 1. The second-order valence-electron chi connectivity index (χ2n) is 6.89. The lowest BCUT2D eigenvalue weighted by molar-refractivity contribution is -0.142. The molecule has 0 aliphatic carbocycles. The van der Waals surface area contributed by atoms with Crippen LogP contribution in [0.1, 0.15) is 19.3 Å². The third-order valence-electron chi connectivity index (χ3n) is 5.52. The third-order valence-corrected chi connectivity index (χ3v) is 5.52. The van der Waals surface area contributed by atoms with E-state index in [2.05, 4.69) is 15.2 Å². The molecule has 0 saturated carbocycles. The van der Waals surface area contributed by atoms with E-state index >= 15 is 0 Å². The van der Waals surface area contributed by atoms with Gasteiger partial charge in [0.25, 0.3) is 0 Å². The molecule has 6 heteroatoms. The van der Waals surface area contributed by atoms with Crippen LogP contribution >= 0.6 is 0 Å². The number of nitrogens with one attached hydrogen (secondary N) is 1. The van der Waals surface area contributed by atoms with Gasteiger partial charge in [-0.3, -0.25) is 19.5 Å². The standard InChI is InChI=1S/C17H22N4O2/c22-16(19-13-4-3-6-18-8-13)17(23)21-10-12-9-20-7-2-1-5-15(20)14(12)11-21/h3-4,6,8,12,14-15H,1-2,5,7,9-11H2,(H,19,22)/t12-,14-,15-/m0/s1. The van der Waals surface area contributed by atoms with E-state index in [9.17, 15) is 9.59 Å². The first kappa shape index (κ1) is 14.6. The van der Waals surface area contributed by atoms with Crippen molar-refractivity contribution in [3.8, 4) is 0 Å². The molecule has 6 nitrogen and oxygen atoms in total. The number of hydrogen-bond acceptors (Lipinski definition) is 4. The number of carbonyl (C=O) groups is 2. The molecule has 2 amide bonds. The van der Waals surface area contributed by atoms with Gasteiger partial charge in [-0.25, -0.2) is 0 Å². The highest BCUT2D eigenvalue weighted by Gasteiger charge is 2.48. The van der Waals surface area contributed by atoms with Gasteiger partial charge in [0.15, 0.2) is 0 Å². The zero-order chi connectivity index (χ0) is 15.8. The molecule has 0 aromatic carbocycles. The van der Waals surface area contributed by atoms with Crippen molar-refractivity contribution in [2.45, 2.75) is 25.3 Å². The number of anilines is 1. The number of pyridine rings is 1. The van der Waals surface area contributed by atoms with E-state index in [1.54, 1.807) is 29.4 Å². The van der Waals surface area contributed by atoms with Crippen LogP contribution in [0.5, 0.6) is 0 Å². The molecular formula is C17H22N4O2. The molecule has 4 rings (SSSR count). The zero-order valence-electron chi connectivity index (χ0n) is 13.1. The highest BCUT2D eigenvalue weighted by atomic mass is 16.2. The minimum atomic E-state index is -0.557. The maximum Gasteiger partial charge on any atom is 0.313 e. The SMILES string of the molecule is O=C(Nc1cccnc1)C(=O)N1C[C@@H]2CN3CCCC[C@H]3[C@H]2C1. The molecular weight excluding hydrogens is 292 g/mol. The zero-order valence-corrected chi connectivity index (χ0v) is 13.1. The van der Waals surface area contributed by atoms with E-state index in [0.29, 0.717) is 23.6 Å². The van der Waals surface area contributed by atoms with Crippen LogP contribution in [0.2, 0.25) is 0 Å². The molecule has 0 unspecified atom stereocenters. The molecule has 1 aromatic rings. The van der Waals surface area contributed by atoms with Crippen molar-refractivity contribution in [1.82, 2.24) is 14.8 Å². The number of amides is 2. The Morgan fingerprint density at radius 2 is 2.13 bits per heavy atom. The maximum absolute atomic E-state index is 12.4. The number of carbonyl (C=O) groups excluding carboxylic acids is 2.